The Morgan fingerprint density at radius 1 is 1.03 bits per heavy atom. The lowest BCUT2D eigenvalue weighted by Crippen LogP contribution is -2.51. The van der Waals surface area contributed by atoms with E-state index in [2.05, 4.69) is 10.2 Å². The Labute approximate surface area is 176 Å². The molecule has 0 saturated carbocycles. The molecule has 29 heavy (non-hydrogen) atoms. The number of hydrogen-bond acceptors (Lipinski definition) is 4. The van der Waals surface area contributed by atoms with Crippen LogP contribution in [0.15, 0.2) is 42.5 Å². The first-order valence-electron chi connectivity index (χ1n) is 9.66. The number of anilines is 1. The Hall–Kier alpha value is -2.57. The third kappa shape index (κ3) is 6.21. The average Bonchev–Trinajstić information content (AvgIpc) is 2.71. The summed E-state index contributed by atoms with van der Waals surface area (Å²) >= 11 is 6.00. The van der Waals surface area contributed by atoms with Crippen molar-refractivity contribution in [2.75, 3.05) is 44.6 Å². The fourth-order valence-electron chi connectivity index (χ4n) is 3.14. The van der Waals surface area contributed by atoms with Gasteiger partial charge in [-0.3, -0.25) is 14.5 Å². The molecule has 7 heteroatoms. The number of ether oxygens (including phenoxy) is 1. The number of nitrogens with zero attached hydrogens (tertiary/aromatic N) is 2. The van der Waals surface area contributed by atoms with Gasteiger partial charge >= 0.3 is 0 Å². The van der Waals surface area contributed by atoms with E-state index < -0.39 is 0 Å². The van der Waals surface area contributed by atoms with Crippen molar-refractivity contribution in [2.45, 2.75) is 13.8 Å². The smallest absolute Gasteiger partial charge is 0.260 e. The van der Waals surface area contributed by atoms with Gasteiger partial charge in [0.1, 0.15) is 5.75 Å². The second-order valence-electron chi connectivity index (χ2n) is 7.27. The van der Waals surface area contributed by atoms with Crippen LogP contribution in [0.4, 0.5) is 5.69 Å². The molecule has 1 aliphatic rings. The molecule has 0 spiro atoms. The van der Waals surface area contributed by atoms with Gasteiger partial charge in [0.15, 0.2) is 6.61 Å². The number of halogens is 1. The molecule has 0 aliphatic carbocycles. The maximum Gasteiger partial charge on any atom is 0.260 e. The summed E-state index contributed by atoms with van der Waals surface area (Å²) in [6.45, 7) is 6.70. The highest BCUT2D eigenvalue weighted by Crippen LogP contribution is 2.21. The second-order valence-corrected chi connectivity index (χ2v) is 7.68. The number of hydrogen-bond donors (Lipinski definition) is 1. The van der Waals surface area contributed by atoms with Crippen LogP contribution in [0.5, 0.6) is 5.75 Å². The summed E-state index contributed by atoms with van der Waals surface area (Å²) in [4.78, 5) is 28.5. The molecule has 0 bridgehead atoms. The van der Waals surface area contributed by atoms with Crippen LogP contribution in [0.2, 0.25) is 5.02 Å². The number of carbonyl (C=O) groups is 2. The molecule has 0 radical (unpaired) electrons. The molecule has 1 heterocycles. The minimum atomic E-state index is -0.0543. The van der Waals surface area contributed by atoms with Gasteiger partial charge in [-0.25, -0.2) is 0 Å². The van der Waals surface area contributed by atoms with Crippen LogP contribution in [0.3, 0.4) is 0 Å². The molecular weight excluding hydrogens is 390 g/mol. The fraction of sp³-hybridized carbons (Fsp3) is 0.364. The molecule has 6 nitrogen and oxygen atoms in total. The molecule has 2 amide bonds. The normalized spacial score (nSPS) is 14.5. The zero-order chi connectivity index (χ0) is 20.8. The van der Waals surface area contributed by atoms with Gasteiger partial charge in [0.05, 0.1) is 6.54 Å². The molecule has 2 aromatic rings. The molecule has 0 aromatic heterocycles. The third-order valence-corrected chi connectivity index (χ3v) is 5.34. The highest BCUT2D eigenvalue weighted by molar-refractivity contribution is 6.31. The summed E-state index contributed by atoms with van der Waals surface area (Å²) in [6, 6.07) is 13.1. The first-order valence-corrected chi connectivity index (χ1v) is 10.0. The molecule has 1 fully saturated rings. The zero-order valence-corrected chi connectivity index (χ0v) is 17.5. The van der Waals surface area contributed by atoms with Crippen molar-refractivity contribution in [3.8, 4) is 5.75 Å². The standard InChI is InChI=1S/C22H26ClN3O3/c1-16-3-5-18(6-4-16)24-21(27)14-25-9-11-26(12-10-25)22(28)15-29-19-7-8-20(23)17(2)13-19/h3-8,13H,9-12,14-15H2,1-2H3,(H,24,27). The summed E-state index contributed by atoms with van der Waals surface area (Å²) in [5.74, 6) is 0.531. The van der Waals surface area contributed by atoms with Crippen LogP contribution in [0, 0.1) is 13.8 Å². The molecule has 3 rings (SSSR count). The van der Waals surface area contributed by atoms with Gasteiger partial charge in [-0.2, -0.15) is 0 Å². The minimum absolute atomic E-state index is 0.00498. The quantitative estimate of drug-likeness (QED) is 0.787. The van der Waals surface area contributed by atoms with Gasteiger partial charge in [-0.05, 0) is 49.7 Å². The zero-order valence-electron chi connectivity index (χ0n) is 16.8. The summed E-state index contributed by atoms with van der Waals surface area (Å²) in [5, 5.41) is 3.58. The van der Waals surface area contributed by atoms with E-state index in [1.165, 1.54) is 0 Å². The van der Waals surface area contributed by atoms with Gasteiger partial charge in [0, 0.05) is 36.9 Å². The molecule has 1 saturated heterocycles. The Morgan fingerprint density at radius 2 is 1.72 bits per heavy atom. The average molecular weight is 416 g/mol. The van der Waals surface area contributed by atoms with Gasteiger partial charge < -0.3 is 15.0 Å². The highest BCUT2D eigenvalue weighted by Gasteiger charge is 2.22. The molecule has 1 N–H and O–H groups in total. The maximum absolute atomic E-state index is 12.4. The molecule has 1 aliphatic heterocycles. The van der Waals surface area contributed by atoms with Crippen molar-refractivity contribution < 1.29 is 14.3 Å². The first kappa shape index (κ1) is 21.1. The van der Waals surface area contributed by atoms with E-state index >= 15 is 0 Å². The van der Waals surface area contributed by atoms with Crippen LogP contribution in [0.1, 0.15) is 11.1 Å². The predicted molar refractivity (Wildman–Crippen MR) is 115 cm³/mol. The van der Waals surface area contributed by atoms with E-state index in [4.69, 9.17) is 16.3 Å². The minimum Gasteiger partial charge on any atom is -0.484 e. The lowest BCUT2D eigenvalue weighted by atomic mass is 10.2. The third-order valence-electron chi connectivity index (χ3n) is 4.92. The van der Waals surface area contributed by atoms with Gasteiger partial charge in [0.25, 0.3) is 5.91 Å². The van der Waals surface area contributed by atoms with Crippen LogP contribution in [-0.2, 0) is 9.59 Å². The summed E-state index contributed by atoms with van der Waals surface area (Å²) in [5.41, 5.74) is 2.86. The molecular formula is C22H26ClN3O3. The van der Waals surface area contributed by atoms with Crippen LogP contribution < -0.4 is 10.1 Å². The number of carbonyl (C=O) groups excluding carboxylic acids is 2. The maximum atomic E-state index is 12.4. The Kier molecular flexibility index (Phi) is 7.12. The predicted octanol–water partition coefficient (Wildman–Crippen LogP) is 3.12. The van der Waals surface area contributed by atoms with Crippen molar-refractivity contribution in [3.63, 3.8) is 0 Å². The van der Waals surface area contributed by atoms with E-state index in [9.17, 15) is 9.59 Å². The largest absolute Gasteiger partial charge is 0.484 e. The molecule has 0 atom stereocenters. The van der Waals surface area contributed by atoms with Crippen molar-refractivity contribution in [1.29, 1.82) is 0 Å². The molecule has 154 valence electrons. The number of benzene rings is 2. The van der Waals surface area contributed by atoms with Crippen LogP contribution in [0.25, 0.3) is 0 Å². The van der Waals surface area contributed by atoms with E-state index in [1.54, 1.807) is 17.0 Å². The van der Waals surface area contributed by atoms with E-state index in [1.807, 2.05) is 44.2 Å². The topological polar surface area (TPSA) is 61.9 Å². The lowest BCUT2D eigenvalue weighted by Gasteiger charge is -2.34. The number of rotatable bonds is 6. The number of piperazine rings is 1. The van der Waals surface area contributed by atoms with Crippen molar-refractivity contribution in [2.24, 2.45) is 0 Å². The van der Waals surface area contributed by atoms with E-state index in [0.717, 1.165) is 16.8 Å². The Bertz CT molecular complexity index is 862. The molecule has 0 unspecified atom stereocenters. The van der Waals surface area contributed by atoms with E-state index in [0.29, 0.717) is 43.5 Å². The SMILES string of the molecule is Cc1ccc(NC(=O)CN2CCN(C(=O)COc3ccc(Cl)c(C)c3)CC2)cc1. The second kappa shape index (κ2) is 9.76. The number of nitrogens with one attached hydrogen (secondary N) is 1. The van der Waals surface area contributed by atoms with Crippen molar-refractivity contribution in [3.05, 3.63) is 58.6 Å². The Balaban J connectivity index is 1.40. The first-order chi connectivity index (χ1) is 13.9. The fourth-order valence-corrected chi connectivity index (χ4v) is 3.26. The van der Waals surface area contributed by atoms with Crippen molar-refractivity contribution >= 4 is 29.1 Å². The van der Waals surface area contributed by atoms with Crippen LogP contribution >= 0.6 is 11.6 Å². The van der Waals surface area contributed by atoms with Crippen molar-refractivity contribution in [1.82, 2.24) is 9.80 Å². The lowest BCUT2D eigenvalue weighted by molar-refractivity contribution is -0.135. The highest BCUT2D eigenvalue weighted by atomic mass is 35.5. The number of amides is 2. The summed E-state index contributed by atoms with van der Waals surface area (Å²) < 4.78 is 5.60. The Morgan fingerprint density at radius 3 is 2.38 bits per heavy atom. The number of aryl methyl sites for hydroxylation is 2. The van der Waals surface area contributed by atoms with Gasteiger partial charge in [-0.1, -0.05) is 29.3 Å². The monoisotopic (exact) mass is 415 g/mol. The molecule has 2 aromatic carbocycles. The summed E-state index contributed by atoms with van der Waals surface area (Å²) in [7, 11) is 0. The van der Waals surface area contributed by atoms with E-state index in [-0.39, 0.29) is 18.4 Å². The van der Waals surface area contributed by atoms with Crippen LogP contribution in [-0.4, -0.2) is 60.9 Å². The summed E-state index contributed by atoms with van der Waals surface area (Å²) in [6.07, 6.45) is 0. The van der Waals surface area contributed by atoms with Gasteiger partial charge in [0.2, 0.25) is 5.91 Å². The van der Waals surface area contributed by atoms with Gasteiger partial charge in [-0.15, -0.1) is 0 Å².